The van der Waals surface area contributed by atoms with Crippen LogP contribution in [-0.4, -0.2) is 30.9 Å². The average molecular weight is 405 g/mol. The van der Waals surface area contributed by atoms with Crippen LogP contribution >= 0.6 is 0 Å². The van der Waals surface area contributed by atoms with Crippen molar-refractivity contribution in [2.24, 2.45) is 5.41 Å². The minimum Gasteiger partial charge on any atom is -0.169 e. The zero-order valence-electron chi connectivity index (χ0n) is 10.7. The Morgan fingerprint density at radius 3 is 1.08 bits per heavy atom. The van der Waals surface area contributed by atoms with E-state index in [2.05, 4.69) is 0 Å². The van der Waals surface area contributed by atoms with Crippen molar-refractivity contribution in [2.45, 2.75) is 30.9 Å². The number of hydrogen-bond acceptors (Lipinski definition) is 0. The van der Waals surface area contributed by atoms with Crippen LogP contribution in [0.3, 0.4) is 0 Å². The van der Waals surface area contributed by atoms with Crippen molar-refractivity contribution in [3.05, 3.63) is 22.8 Å². The van der Waals surface area contributed by atoms with Gasteiger partial charge in [-0.15, -0.1) is 0 Å². The maximum Gasteiger partial charge on any atom is 0.417 e. The van der Waals surface area contributed by atoms with Gasteiger partial charge >= 0.3 is 30.9 Å². The van der Waals surface area contributed by atoms with Crippen LogP contribution in [0.4, 0.5) is 65.9 Å². The molecule has 1 aliphatic carbocycles. The summed E-state index contributed by atoms with van der Waals surface area (Å²) >= 11 is 0. The third kappa shape index (κ3) is 3.28. The van der Waals surface area contributed by atoms with Gasteiger partial charge in [-0.2, -0.15) is 65.9 Å². The smallest absolute Gasteiger partial charge is 0.169 e. The van der Waals surface area contributed by atoms with Gasteiger partial charge in [0, 0.05) is 0 Å². The Kier molecular flexibility index (Phi) is 4.48. The molecule has 25 heavy (non-hydrogen) atoms. The van der Waals surface area contributed by atoms with Crippen molar-refractivity contribution < 1.29 is 65.9 Å². The van der Waals surface area contributed by atoms with Gasteiger partial charge in [0.2, 0.25) is 5.41 Å². The van der Waals surface area contributed by atoms with E-state index in [1.165, 1.54) is 0 Å². The van der Waals surface area contributed by atoms with Gasteiger partial charge in [-0.05, 0) is 6.08 Å². The molecule has 0 bridgehead atoms. The average Bonchev–Trinajstić information content (AvgIpc) is 2.61. The fraction of sp³-hybridized carbons (Fsp3) is 0.600. The summed E-state index contributed by atoms with van der Waals surface area (Å²) in [6.07, 6.45) is -35.7. The number of alkyl halides is 15. The lowest BCUT2D eigenvalue weighted by Crippen LogP contribution is -2.52. The second-order valence-corrected chi connectivity index (χ2v) is 4.49. The van der Waals surface area contributed by atoms with E-state index in [1.54, 1.807) is 0 Å². The van der Waals surface area contributed by atoms with Gasteiger partial charge in [-0.1, -0.05) is 0 Å². The highest BCUT2D eigenvalue weighted by Crippen LogP contribution is 2.66. The van der Waals surface area contributed by atoms with Crippen molar-refractivity contribution in [2.75, 3.05) is 0 Å². The molecule has 0 aliphatic heterocycles. The van der Waals surface area contributed by atoms with E-state index in [0.29, 0.717) is 0 Å². The number of halogens is 15. The lowest BCUT2D eigenvalue weighted by molar-refractivity contribution is -0.321. The molecule has 0 aromatic rings. The summed E-state index contributed by atoms with van der Waals surface area (Å²) in [5.41, 5.74) is -19.1. The highest BCUT2D eigenvalue weighted by atomic mass is 19.4. The number of allylic oxidation sites excluding steroid dienone is 4. The SMILES string of the molecule is FC(F)(F)C1=[C]C(C(F)(F)F)(C(F)(F)F)C(C(F)(F)F)=C1C(F)(F)F. The molecular weight excluding hydrogens is 405 g/mol. The summed E-state index contributed by atoms with van der Waals surface area (Å²) in [5.74, 6) is 0. The van der Waals surface area contributed by atoms with Crippen LogP contribution in [0.25, 0.3) is 0 Å². The Hall–Kier alpha value is -1.57. The third-order valence-electron chi connectivity index (χ3n) is 2.89. The molecule has 0 spiro atoms. The molecule has 0 amide bonds. The summed E-state index contributed by atoms with van der Waals surface area (Å²) in [6, 6.07) is 0. The van der Waals surface area contributed by atoms with Crippen LogP contribution in [0.5, 0.6) is 0 Å². The second-order valence-electron chi connectivity index (χ2n) is 4.49. The fourth-order valence-electron chi connectivity index (χ4n) is 2.06. The third-order valence-corrected chi connectivity index (χ3v) is 2.89. The molecule has 0 unspecified atom stereocenters. The van der Waals surface area contributed by atoms with Crippen molar-refractivity contribution >= 4 is 0 Å². The van der Waals surface area contributed by atoms with Gasteiger partial charge < -0.3 is 0 Å². The molecule has 0 heterocycles. The molecule has 0 atom stereocenters. The van der Waals surface area contributed by atoms with Gasteiger partial charge in [-0.3, -0.25) is 0 Å². The molecule has 0 N–H and O–H groups in total. The lowest BCUT2D eigenvalue weighted by Gasteiger charge is -2.35. The molecule has 145 valence electrons. The Morgan fingerprint density at radius 1 is 0.520 bits per heavy atom. The molecule has 1 rings (SSSR count). The number of hydrogen-bond donors (Lipinski definition) is 0. The Morgan fingerprint density at radius 2 is 0.880 bits per heavy atom. The van der Waals surface area contributed by atoms with Crippen molar-refractivity contribution in [1.29, 1.82) is 0 Å². The van der Waals surface area contributed by atoms with E-state index >= 15 is 0 Å². The topological polar surface area (TPSA) is 0 Å². The standard InChI is InChI=1S/C10F15/c11-6(12,13)2-1-5(9(20,21)22,10(23,24)25)4(8(17,18)19)3(2)7(14,15)16. The molecule has 1 radical (unpaired) electrons. The van der Waals surface area contributed by atoms with Crippen LogP contribution in [-0.2, 0) is 0 Å². The molecule has 0 nitrogen and oxygen atoms in total. The van der Waals surface area contributed by atoms with Gasteiger partial charge in [0.15, 0.2) is 0 Å². The molecule has 1 aliphatic rings. The lowest BCUT2D eigenvalue weighted by atomic mass is 9.79. The van der Waals surface area contributed by atoms with Gasteiger partial charge in [-0.25, -0.2) is 0 Å². The summed E-state index contributed by atoms with van der Waals surface area (Å²) in [4.78, 5) is 0. The monoisotopic (exact) mass is 405 g/mol. The van der Waals surface area contributed by atoms with Gasteiger partial charge in [0.05, 0.1) is 16.7 Å². The molecular formula is C10F15. The van der Waals surface area contributed by atoms with E-state index in [9.17, 15) is 65.9 Å². The second kappa shape index (κ2) is 5.22. The van der Waals surface area contributed by atoms with Crippen LogP contribution in [0.15, 0.2) is 16.7 Å². The quantitative estimate of drug-likeness (QED) is 0.446. The molecule has 0 aromatic heterocycles. The summed E-state index contributed by atoms with van der Waals surface area (Å²) in [7, 11) is 0. The summed E-state index contributed by atoms with van der Waals surface area (Å²) in [5, 5.41) is 0. The zero-order chi connectivity index (χ0) is 20.4. The maximum absolute atomic E-state index is 12.8. The van der Waals surface area contributed by atoms with Crippen LogP contribution in [0.1, 0.15) is 0 Å². The largest absolute Gasteiger partial charge is 0.417 e. The first-order valence-electron chi connectivity index (χ1n) is 5.33. The molecule has 15 heteroatoms. The summed E-state index contributed by atoms with van der Waals surface area (Å²) < 4.78 is 190. The predicted molar refractivity (Wildman–Crippen MR) is 46.5 cm³/mol. The van der Waals surface area contributed by atoms with Crippen molar-refractivity contribution in [1.82, 2.24) is 0 Å². The first-order chi connectivity index (χ1) is 10.6. The maximum atomic E-state index is 12.8. The van der Waals surface area contributed by atoms with Crippen molar-refractivity contribution in [3.63, 3.8) is 0 Å². The predicted octanol–water partition coefficient (Wildman–Crippen LogP) is 5.82. The normalized spacial score (nSPS) is 20.2. The van der Waals surface area contributed by atoms with Crippen LogP contribution < -0.4 is 0 Å². The minimum atomic E-state index is -7.25. The minimum absolute atomic E-state index is 0.635. The first kappa shape index (κ1) is 21.5. The Bertz CT molecular complexity index is 583. The van der Waals surface area contributed by atoms with E-state index in [4.69, 9.17) is 0 Å². The van der Waals surface area contributed by atoms with E-state index in [1.807, 2.05) is 0 Å². The highest BCUT2D eigenvalue weighted by Gasteiger charge is 2.80. The first-order valence-corrected chi connectivity index (χ1v) is 5.33. The Balaban J connectivity index is 4.22. The molecule has 0 aromatic carbocycles. The molecule has 0 saturated carbocycles. The summed E-state index contributed by atoms with van der Waals surface area (Å²) in [6.45, 7) is 0. The van der Waals surface area contributed by atoms with E-state index in [-0.39, 0.29) is 0 Å². The fourth-order valence-corrected chi connectivity index (χ4v) is 2.06. The number of rotatable bonds is 0. The van der Waals surface area contributed by atoms with Gasteiger partial charge in [0.25, 0.3) is 0 Å². The molecule has 0 fully saturated rings. The van der Waals surface area contributed by atoms with E-state index < -0.39 is 59.1 Å². The van der Waals surface area contributed by atoms with Crippen LogP contribution in [0.2, 0.25) is 0 Å². The van der Waals surface area contributed by atoms with E-state index in [0.717, 1.165) is 0 Å². The zero-order valence-corrected chi connectivity index (χ0v) is 10.7. The highest BCUT2D eigenvalue weighted by molar-refractivity contribution is 5.54. The Labute approximate surface area is 126 Å². The van der Waals surface area contributed by atoms with Crippen LogP contribution in [0, 0.1) is 11.5 Å². The van der Waals surface area contributed by atoms with Gasteiger partial charge in [0.1, 0.15) is 0 Å². The molecule has 0 saturated heterocycles. The van der Waals surface area contributed by atoms with Crippen molar-refractivity contribution in [3.8, 4) is 0 Å².